The number of carbonyl (C=O) groups is 2. The monoisotopic (exact) mass is 349 g/mol. The molecule has 1 aliphatic carbocycles. The number of fused-ring (bicyclic) bond motifs is 1. The van der Waals surface area contributed by atoms with E-state index in [1.807, 2.05) is 24.3 Å². The molecule has 6 heteroatoms. The molecule has 0 aromatic heterocycles. The molecule has 0 spiro atoms. The quantitative estimate of drug-likeness (QED) is 0.850. The second kappa shape index (κ2) is 7.15. The van der Waals surface area contributed by atoms with Crippen LogP contribution < -0.4 is 4.90 Å². The van der Waals surface area contributed by atoms with Gasteiger partial charge < -0.3 is 14.7 Å². The Hall–Kier alpha value is -1.53. The zero-order valence-electron chi connectivity index (χ0n) is 13.9. The Labute approximate surface area is 146 Å². The van der Waals surface area contributed by atoms with E-state index in [0.29, 0.717) is 24.6 Å². The van der Waals surface area contributed by atoms with Gasteiger partial charge in [0.15, 0.2) is 12.2 Å². The summed E-state index contributed by atoms with van der Waals surface area (Å²) in [6, 6.07) is 7.80. The molecular weight excluding hydrogens is 326 g/mol. The molecule has 2 aliphatic rings. The lowest BCUT2D eigenvalue weighted by atomic mass is 10.0. The minimum atomic E-state index is -1.40. The number of anilines is 1. The molecule has 1 fully saturated rings. The maximum atomic E-state index is 12.6. The van der Waals surface area contributed by atoms with Crippen molar-refractivity contribution in [2.24, 2.45) is 0 Å². The van der Waals surface area contributed by atoms with Crippen molar-refractivity contribution >= 4 is 29.3 Å². The number of rotatable bonds is 3. The number of benzene rings is 1. The number of aliphatic hydroxyl groups is 1. The molecule has 1 atom stereocenters. The van der Waals surface area contributed by atoms with Crippen molar-refractivity contribution in [1.82, 2.24) is 0 Å². The molecule has 24 heavy (non-hydrogen) atoms. The van der Waals surface area contributed by atoms with Crippen molar-refractivity contribution in [2.75, 3.05) is 18.1 Å². The van der Waals surface area contributed by atoms with Crippen LogP contribution in [0, 0.1) is 0 Å². The standard InChI is InChI=1S/C18H23NO4S/c1-13-8-11-19(14-6-2-3-7-15(14)24-13)16(20)12-23-17(21)18(22)9-4-5-10-18/h2-3,6-7,13,22H,4-5,8-12H2,1H3/t13-/m1/s1. The molecule has 130 valence electrons. The van der Waals surface area contributed by atoms with Gasteiger partial charge in [-0.2, -0.15) is 0 Å². The van der Waals surface area contributed by atoms with Gasteiger partial charge in [-0.3, -0.25) is 4.79 Å². The van der Waals surface area contributed by atoms with Crippen molar-refractivity contribution in [1.29, 1.82) is 0 Å². The second-order valence-electron chi connectivity index (χ2n) is 6.55. The lowest BCUT2D eigenvalue weighted by molar-refractivity contribution is -0.166. The van der Waals surface area contributed by atoms with Crippen LogP contribution >= 0.6 is 11.8 Å². The van der Waals surface area contributed by atoms with E-state index in [9.17, 15) is 14.7 Å². The Morgan fingerprint density at radius 2 is 2.04 bits per heavy atom. The van der Waals surface area contributed by atoms with Gasteiger partial charge in [0.25, 0.3) is 5.91 Å². The zero-order chi connectivity index (χ0) is 17.2. The van der Waals surface area contributed by atoms with Crippen molar-refractivity contribution in [3.8, 4) is 0 Å². The fourth-order valence-corrected chi connectivity index (χ4v) is 4.36. The summed E-state index contributed by atoms with van der Waals surface area (Å²) in [6.07, 6.45) is 3.34. The highest BCUT2D eigenvalue weighted by Crippen LogP contribution is 2.37. The third-order valence-corrected chi connectivity index (χ3v) is 5.92. The Bertz CT molecular complexity index is 627. The van der Waals surface area contributed by atoms with Crippen LogP contribution in [-0.4, -0.2) is 41.0 Å². The third kappa shape index (κ3) is 3.59. The highest BCUT2D eigenvalue weighted by molar-refractivity contribution is 8.00. The first kappa shape index (κ1) is 17.3. The lowest BCUT2D eigenvalue weighted by Crippen LogP contribution is -2.41. The van der Waals surface area contributed by atoms with E-state index in [4.69, 9.17) is 4.74 Å². The number of hydrogen-bond acceptors (Lipinski definition) is 5. The summed E-state index contributed by atoms with van der Waals surface area (Å²) in [6.45, 7) is 2.42. The predicted octanol–water partition coefficient (Wildman–Crippen LogP) is 2.75. The van der Waals surface area contributed by atoms with Crippen LogP contribution in [-0.2, 0) is 14.3 Å². The molecule has 0 unspecified atom stereocenters. The van der Waals surface area contributed by atoms with Crippen LogP contribution in [0.5, 0.6) is 0 Å². The molecular formula is C18H23NO4S. The SMILES string of the molecule is C[C@@H]1CCN(C(=O)COC(=O)C2(O)CCCC2)c2ccccc2S1. The number of carbonyl (C=O) groups excluding carboxylic acids is 2. The van der Waals surface area contributed by atoms with Gasteiger partial charge in [-0.25, -0.2) is 4.79 Å². The largest absolute Gasteiger partial charge is 0.453 e. The number of nitrogens with zero attached hydrogens (tertiary/aromatic N) is 1. The molecule has 5 nitrogen and oxygen atoms in total. The number of amides is 1. The average Bonchev–Trinajstić information content (AvgIpc) is 2.94. The van der Waals surface area contributed by atoms with Gasteiger partial charge in [-0.1, -0.05) is 19.1 Å². The lowest BCUT2D eigenvalue weighted by Gasteiger charge is -2.24. The minimum Gasteiger partial charge on any atom is -0.453 e. The fourth-order valence-electron chi connectivity index (χ4n) is 3.25. The van der Waals surface area contributed by atoms with Gasteiger partial charge in [0.2, 0.25) is 0 Å². The number of ether oxygens (including phenoxy) is 1. The first-order chi connectivity index (χ1) is 11.5. The van der Waals surface area contributed by atoms with Gasteiger partial charge in [0, 0.05) is 16.7 Å². The summed E-state index contributed by atoms with van der Waals surface area (Å²) in [5, 5.41) is 10.6. The number of esters is 1. The van der Waals surface area contributed by atoms with Gasteiger partial charge in [-0.05, 0) is 44.2 Å². The van der Waals surface area contributed by atoms with E-state index in [2.05, 4.69) is 6.92 Å². The maximum Gasteiger partial charge on any atom is 0.338 e. The van der Waals surface area contributed by atoms with Crippen LogP contribution in [0.25, 0.3) is 0 Å². The molecule has 1 saturated carbocycles. The van der Waals surface area contributed by atoms with Gasteiger partial charge in [0.1, 0.15) is 0 Å². The van der Waals surface area contributed by atoms with Crippen molar-refractivity contribution in [2.45, 2.75) is 54.8 Å². The average molecular weight is 349 g/mol. The van der Waals surface area contributed by atoms with Crippen molar-refractivity contribution < 1.29 is 19.4 Å². The number of para-hydroxylation sites is 1. The Morgan fingerprint density at radius 1 is 1.33 bits per heavy atom. The topological polar surface area (TPSA) is 66.8 Å². The highest BCUT2D eigenvalue weighted by Gasteiger charge is 2.40. The number of thioether (sulfide) groups is 1. The van der Waals surface area contributed by atoms with Crippen LogP contribution in [0.15, 0.2) is 29.2 Å². The molecule has 1 N–H and O–H groups in total. The van der Waals surface area contributed by atoms with Crippen molar-refractivity contribution in [3.63, 3.8) is 0 Å². The summed E-state index contributed by atoms with van der Waals surface area (Å²) in [4.78, 5) is 27.4. The summed E-state index contributed by atoms with van der Waals surface area (Å²) in [7, 11) is 0. The van der Waals surface area contributed by atoms with Crippen LogP contribution in [0.3, 0.4) is 0 Å². The van der Waals surface area contributed by atoms with Crippen molar-refractivity contribution in [3.05, 3.63) is 24.3 Å². The smallest absolute Gasteiger partial charge is 0.338 e. The fraction of sp³-hybridized carbons (Fsp3) is 0.556. The van der Waals surface area contributed by atoms with E-state index >= 15 is 0 Å². The van der Waals surface area contributed by atoms with E-state index in [1.54, 1.807) is 16.7 Å². The third-order valence-electron chi connectivity index (χ3n) is 4.68. The van der Waals surface area contributed by atoms with E-state index in [1.165, 1.54) is 0 Å². The summed E-state index contributed by atoms with van der Waals surface area (Å²) >= 11 is 1.76. The molecule has 0 bridgehead atoms. The van der Waals surface area contributed by atoms with Gasteiger partial charge in [-0.15, -0.1) is 11.8 Å². The van der Waals surface area contributed by atoms with Gasteiger partial charge in [0.05, 0.1) is 5.69 Å². The van der Waals surface area contributed by atoms with Crippen LogP contribution in [0.4, 0.5) is 5.69 Å². The molecule has 0 saturated heterocycles. The minimum absolute atomic E-state index is 0.243. The van der Waals surface area contributed by atoms with Crippen LogP contribution in [0.1, 0.15) is 39.0 Å². The highest BCUT2D eigenvalue weighted by atomic mass is 32.2. The number of hydrogen-bond donors (Lipinski definition) is 1. The normalized spacial score (nSPS) is 22.6. The van der Waals surface area contributed by atoms with E-state index in [-0.39, 0.29) is 12.5 Å². The summed E-state index contributed by atoms with van der Waals surface area (Å²) in [5.74, 6) is -0.911. The predicted molar refractivity (Wildman–Crippen MR) is 93.1 cm³/mol. The Kier molecular flexibility index (Phi) is 5.15. The molecule has 0 radical (unpaired) electrons. The Balaban J connectivity index is 1.67. The molecule has 1 heterocycles. The molecule has 1 aliphatic heterocycles. The first-order valence-electron chi connectivity index (χ1n) is 8.45. The Morgan fingerprint density at radius 3 is 2.79 bits per heavy atom. The second-order valence-corrected chi connectivity index (χ2v) is 8.03. The van der Waals surface area contributed by atoms with Gasteiger partial charge >= 0.3 is 5.97 Å². The van der Waals surface area contributed by atoms with E-state index < -0.39 is 11.6 Å². The molecule has 3 rings (SSSR count). The maximum absolute atomic E-state index is 12.6. The summed E-state index contributed by atoms with van der Waals surface area (Å²) < 4.78 is 5.14. The molecule has 1 aromatic carbocycles. The molecule has 1 amide bonds. The van der Waals surface area contributed by atoms with Crippen LogP contribution in [0.2, 0.25) is 0 Å². The molecule has 1 aromatic rings. The summed E-state index contributed by atoms with van der Waals surface area (Å²) in [5.41, 5.74) is -0.533. The zero-order valence-corrected chi connectivity index (χ0v) is 14.7. The first-order valence-corrected chi connectivity index (χ1v) is 9.33. The van der Waals surface area contributed by atoms with E-state index in [0.717, 1.165) is 29.8 Å².